The summed E-state index contributed by atoms with van der Waals surface area (Å²) in [5.74, 6) is 0. The SMILES string of the molecule is CC1(C)c2ccccc2-c2ccc(N(c3ccc(-c4ccccc4)cc3)c3ccc(-c4cccc(-c5ccc6ccccc6c5)c4)cc3)cc21. The molecule has 8 aromatic carbocycles. The Balaban J connectivity index is 1.10. The van der Waals surface area contributed by atoms with Crippen LogP contribution in [0.5, 0.6) is 0 Å². The molecule has 0 saturated heterocycles. The monoisotopic (exact) mass is 639 g/mol. The molecular weight excluding hydrogens is 603 g/mol. The summed E-state index contributed by atoms with van der Waals surface area (Å²) in [6, 6.07) is 68.6. The Labute approximate surface area is 294 Å². The summed E-state index contributed by atoms with van der Waals surface area (Å²) in [6.45, 7) is 4.70. The van der Waals surface area contributed by atoms with E-state index < -0.39 is 0 Å². The van der Waals surface area contributed by atoms with E-state index in [1.54, 1.807) is 0 Å². The number of rotatable bonds is 6. The second kappa shape index (κ2) is 12.1. The molecule has 1 aliphatic carbocycles. The lowest BCUT2D eigenvalue weighted by Crippen LogP contribution is -2.16. The van der Waals surface area contributed by atoms with E-state index in [4.69, 9.17) is 0 Å². The van der Waals surface area contributed by atoms with Gasteiger partial charge >= 0.3 is 0 Å². The number of benzene rings is 8. The molecule has 1 heteroatoms. The van der Waals surface area contributed by atoms with Crippen LogP contribution in [0, 0.1) is 0 Å². The maximum atomic E-state index is 2.40. The Kier molecular flexibility index (Phi) is 7.21. The average molecular weight is 640 g/mol. The van der Waals surface area contributed by atoms with Gasteiger partial charge in [-0.25, -0.2) is 0 Å². The van der Waals surface area contributed by atoms with Crippen molar-refractivity contribution < 1.29 is 0 Å². The van der Waals surface area contributed by atoms with E-state index in [2.05, 4.69) is 207 Å². The van der Waals surface area contributed by atoms with Crippen LogP contribution in [0.2, 0.25) is 0 Å². The third kappa shape index (κ3) is 5.19. The normalized spacial score (nSPS) is 12.8. The van der Waals surface area contributed by atoms with Gasteiger partial charge in [0, 0.05) is 22.5 Å². The minimum absolute atomic E-state index is 0.0787. The fraction of sp³-hybridized carbons (Fsp3) is 0.0612. The van der Waals surface area contributed by atoms with E-state index in [1.807, 2.05) is 0 Å². The zero-order chi connectivity index (χ0) is 33.7. The molecule has 0 N–H and O–H groups in total. The first-order valence-electron chi connectivity index (χ1n) is 17.4. The molecule has 50 heavy (non-hydrogen) atoms. The van der Waals surface area contributed by atoms with Crippen molar-refractivity contribution in [1.82, 2.24) is 0 Å². The van der Waals surface area contributed by atoms with Crippen molar-refractivity contribution in [3.8, 4) is 44.5 Å². The van der Waals surface area contributed by atoms with Crippen LogP contribution >= 0.6 is 0 Å². The topological polar surface area (TPSA) is 3.24 Å². The number of anilines is 3. The van der Waals surface area contributed by atoms with Crippen LogP contribution in [-0.2, 0) is 5.41 Å². The fourth-order valence-corrected chi connectivity index (χ4v) is 7.76. The van der Waals surface area contributed by atoms with Gasteiger partial charge in [0.2, 0.25) is 0 Å². The third-order valence-corrected chi connectivity index (χ3v) is 10.5. The third-order valence-electron chi connectivity index (χ3n) is 10.5. The number of nitrogens with zero attached hydrogens (tertiary/aromatic N) is 1. The Morgan fingerprint density at radius 3 is 1.56 bits per heavy atom. The predicted molar refractivity (Wildman–Crippen MR) is 213 cm³/mol. The molecular formula is C49H37N. The van der Waals surface area contributed by atoms with Gasteiger partial charge in [0.15, 0.2) is 0 Å². The maximum Gasteiger partial charge on any atom is 0.0465 e. The lowest BCUT2D eigenvalue weighted by Gasteiger charge is -2.28. The highest BCUT2D eigenvalue weighted by atomic mass is 15.1. The number of fused-ring (bicyclic) bond motifs is 4. The molecule has 0 saturated carbocycles. The Hall–Kier alpha value is -6.18. The summed E-state index contributed by atoms with van der Waals surface area (Å²) in [5.41, 5.74) is 16.0. The van der Waals surface area contributed by atoms with Gasteiger partial charge in [0.05, 0.1) is 0 Å². The van der Waals surface area contributed by atoms with Crippen molar-refractivity contribution in [3.05, 3.63) is 199 Å². The van der Waals surface area contributed by atoms with Crippen molar-refractivity contribution in [3.63, 3.8) is 0 Å². The summed E-state index contributed by atoms with van der Waals surface area (Å²) in [4.78, 5) is 2.39. The van der Waals surface area contributed by atoms with Gasteiger partial charge in [-0.1, -0.05) is 153 Å². The average Bonchev–Trinajstić information content (AvgIpc) is 3.41. The van der Waals surface area contributed by atoms with E-state index >= 15 is 0 Å². The standard InChI is InChI=1S/C49H37N/c1-49(2)47-18-9-8-17-45(47)46-30-29-44(33-48(46)49)50(42-25-21-36(22-26-42)34-11-4-3-5-12-34)43-27-23-37(24-28-43)39-15-10-16-40(31-39)41-20-19-35-13-6-7-14-38(35)32-41/h3-33H,1-2H3. The summed E-state index contributed by atoms with van der Waals surface area (Å²) < 4.78 is 0. The van der Waals surface area contributed by atoms with Crippen LogP contribution in [0.15, 0.2) is 188 Å². The van der Waals surface area contributed by atoms with Crippen LogP contribution in [0.4, 0.5) is 17.1 Å². The van der Waals surface area contributed by atoms with Gasteiger partial charge in [0.25, 0.3) is 0 Å². The summed E-state index contributed by atoms with van der Waals surface area (Å²) in [7, 11) is 0. The fourth-order valence-electron chi connectivity index (χ4n) is 7.76. The lowest BCUT2D eigenvalue weighted by atomic mass is 9.82. The van der Waals surface area contributed by atoms with Crippen molar-refractivity contribution >= 4 is 27.8 Å². The largest absolute Gasteiger partial charge is 0.310 e. The van der Waals surface area contributed by atoms with Crippen molar-refractivity contribution in [2.45, 2.75) is 19.3 Å². The molecule has 0 fully saturated rings. The molecule has 0 radical (unpaired) electrons. The summed E-state index contributed by atoms with van der Waals surface area (Å²) >= 11 is 0. The molecule has 0 bridgehead atoms. The van der Waals surface area contributed by atoms with Crippen LogP contribution in [0.25, 0.3) is 55.3 Å². The highest BCUT2D eigenvalue weighted by Gasteiger charge is 2.35. The molecule has 0 aliphatic heterocycles. The first kappa shape index (κ1) is 29.9. The zero-order valence-corrected chi connectivity index (χ0v) is 28.3. The smallest absolute Gasteiger partial charge is 0.0465 e. The number of hydrogen-bond donors (Lipinski definition) is 0. The van der Waals surface area contributed by atoms with E-state index in [0.29, 0.717) is 0 Å². The van der Waals surface area contributed by atoms with Gasteiger partial charge in [-0.05, 0) is 115 Å². The molecule has 1 nitrogen and oxygen atoms in total. The zero-order valence-electron chi connectivity index (χ0n) is 28.3. The molecule has 0 spiro atoms. The maximum absolute atomic E-state index is 2.40. The minimum atomic E-state index is -0.0787. The molecule has 0 heterocycles. The van der Waals surface area contributed by atoms with Crippen LogP contribution in [-0.4, -0.2) is 0 Å². The molecule has 0 unspecified atom stereocenters. The minimum Gasteiger partial charge on any atom is -0.310 e. The van der Waals surface area contributed by atoms with Crippen molar-refractivity contribution in [2.75, 3.05) is 4.90 Å². The van der Waals surface area contributed by atoms with Gasteiger partial charge in [0.1, 0.15) is 0 Å². The van der Waals surface area contributed by atoms with E-state index in [0.717, 1.165) is 17.1 Å². The first-order valence-corrected chi connectivity index (χ1v) is 17.4. The van der Waals surface area contributed by atoms with Crippen molar-refractivity contribution in [1.29, 1.82) is 0 Å². The van der Waals surface area contributed by atoms with Crippen molar-refractivity contribution in [2.24, 2.45) is 0 Å². The molecule has 238 valence electrons. The van der Waals surface area contributed by atoms with Crippen LogP contribution < -0.4 is 4.90 Å². The van der Waals surface area contributed by atoms with Gasteiger partial charge < -0.3 is 4.90 Å². The quantitative estimate of drug-likeness (QED) is 0.175. The molecule has 8 aromatic rings. The predicted octanol–water partition coefficient (Wildman–Crippen LogP) is 13.6. The Bertz CT molecular complexity index is 2490. The van der Waals surface area contributed by atoms with Gasteiger partial charge in [-0.3, -0.25) is 0 Å². The lowest BCUT2D eigenvalue weighted by molar-refractivity contribution is 0.660. The van der Waals surface area contributed by atoms with Gasteiger partial charge in [-0.15, -0.1) is 0 Å². The molecule has 0 amide bonds. The van der Waals surface area contributed by atoms with E-state index in [9.17, 15) is 0 Å². The Morgan fingerprint density at radius 1 is 0.320 bits per heavy atom. The van der Waals surface area contributed by atoms with E-state index in [-0.39, 0.29) is 5.41 Å². The number of hydrogen-bond acceptors (Lipinski definition) is 1. The molecule has 1 aliphatic rings. The molecule has 9 rings (SSSR count). The first-order chi connectivity index (χ1) is 24.5. The second-order valence-corrected chi connectivity index (χ2v) is 13.8. The molecule has 0 aromatic heterocycles. The molecule has 0 atom stereocenters. The summed E-state index contributed by atoms with van der Waals surface area (Å²) in [6.07, 6.45) is 0. The Morgan fingerprint density at radius 2 is 0.820 bits per heavy atom. The summed E-state index contributed by atoms with van der Waals surface area (Å²) in [5, 5.41) is 2.52. The van der Waals surface area contributed by atoms with E-state index in [1.165, 1.54) is 66.4 Å². The highest BCUT2D eigenvalue weighted by molar-refractivity contribution is 5.89. The van der Waals surface area contributed by atoms with Gasteiger partial charge in [-0.2, -0.15) is 0 Å². The highest BCUT2D eigenvalue weighted by Crippen LogP contribution is 2.50. The second-order valence-electron chi connectivity index (χ2n) is 13.8. The van der Waals surface area contributed by atoms with Crippen LogP contribution in [0.3, 0.4) is 0 Å². The van der Waals surface area contributed by atoms with Crippen LogP contribution in [0.1, 0.15) is 25.0 Å².